The summed E-state index contributed by atoms with van der Waals surface area (Å²) in [4.78, 5) is 0. The third-order valence-corrected chi connectivity index (χ3v) is 4.04. The van der Waals surface area contributed by atoms with Crippen molar-refractivity contribution in [3.05, 3.63) is 35.4 Å². The molecule has 1 saturated carbocycles. The summed E-state index contributed by atoms with van der Waals surface area (Å²) in [5, 5.41) is 3.65. The van der Waals surface area contributed by atoms with E-state index in [1.807, 2.05) is 0 Å². The van der Waals surface area contributed by atoms with Gasteiger partial charge >= 0.3 is 0 Å². The van der Waals surface area contributed by atoms with Crippen molar-refractivity contribution in [2.24, 2.45) is 0 Å². The number of nitrogens with one attached hydrogen (secondary N) is 1. The third kappa shape index (κ3) is 2.24. The van der Waals surface area contributed by atoms with Crippen LogP contribution in [-0.4, -0.2) is 25.8 Å². The van der Waals surface area contributed by atoms with Crippen molar-refractivity contribution in [2.75, 3.05) is 19.8 Å². The fourth-order valence-electron chi connectivity index (χ4n) is 2.44. The van der Waals surface area contributed by atoms with E-state index in [4.69, 9.17) is 4.74 Å². The molecule has 0 unspecified atom stereocenters. The van der Waals surface area contributed by atoms with Crippen LogP contribution in [0.15, 0.2) is 24.3 Å². The second-order valence-corrected chi connectivity index (χ2v) is 5.48. The summed E-state index contributed by atoms with van der Waals surface area (Å²) in [7, 11) is 0. The van der Waals surface area contributed by atoms with Crippen molar-refractivity contribution < 1.29 is 4.74 Å². The summed E-state index contributed by atoms with van der Waals surface area (Å²) in [6, 6.07) is 9.87. The average Bonchev–Trinajstić information content (AvgIpc) is 3.12. The Morgan fingerprint density at radius 1 is 1.24 bits per heavy atom. The topological polar surface area (TPSA) is 21.3 Å². The number of aryl methyl sites for hydroxylation is 1. The van der Waals surface area contributed by atoms with Gasteiger partial charge in [-0.05, 0) is 30.4 Å². The Bertz CT molecular complexity index is 376. The van der Waals surface area contributed by atoms with Crippen LogP contribution in [0.4, 0.5) is 0 Å². The van der Waals surface area contributed by atoms with E-state index in [2.05, 4.69) is 36.5 Å². The van der Waals surface area contributed by atoms with Gasteiger partial charge in [0.25, 0.3) is 0 Å². The monoisotopic (exact) mass is 231 g/mol. The molecule has 0 bridgehead atoms. The zero-order valence-corrected chi connectivity index (χ0v) is 10.5. The summed E-state index contributed by atoms with van der Waals surface area (Å²) >= 11 is 0. The van der Waals surface area contributed by atoms with E-state index in [9.17, 15) is 0 Å². The van der Waals surface area contributed by atoms with E-state index in [1.54, 1.807) is 0 Å². The highest BCUT2D eigenvalue weighted by Gasteiger charge is 2.41. The SMILES string of the molecule is CCc1ccc(C2(CNC3CC3)COC2)cc1. The quantitative estimate of drug-likeness (QED) is 0.839. The van der Waals surface area contributed by atoms with Crippen molar-refractivity contribution in [3.8, 4) is 0 Å². The molecule has 2 fully saturated rings. The van der Waals surface area contributed by atoms with Gasteiger partial charge in [0.1, 0.15) is 0 Å². The van der Waals surface area contributed by atoms with Crippen molar-refractivity contribution in [2.45, 2.75) is 37.6 Å². The van der Waals surface area contributed by atoms with Gasteiger partial charge in [-0.25, -0.2) is 0 Å². The van der Waals surface area contributed by atoms with Gasteiger partial charge < -0.3 is 10.1 Å². The Morgan fingerprint density at radius 2 is 1.94 bits per heavy atom. The third-order valence-electron chi connectivity index (χ3n) is 4.04. The largest absolute Gasteiger partial charge is 0.379 e. The molecule has 2 aliphatic rings. The molecule has 1 aromatic carbocycles. The molecule has 1 heterocycles. The summed E-state index contributed by atoms with van der Waals surface area (Å²) in [5.74, 6) is 0. The lowest BCUT2D eigenvalue weighted by Crippen LogP contribution is -2.53. The standard InChI is InChI=1S/C15H21NO/c1-2-12-3-5-13(6-4-12)15(10-17-11-15)9-16-14-7-8-14/h3-6,14,16H,2,7-11H2,1H3. The molecule has 1 N–H and O–H groups in total. The highest BCUT2D eigenvalue weighted by molar-refractivity contribution is 5.32. The molecule has 0 amide bonds. The van der Waals surface area contributed by atoms with E-state index in [-0.39, 0.29) is 5.41 Å². The maximum absolute atomic E-state index is 5.46. The van der Waals surface area contributed by atoms with Crippen LogP contribution < -0.4 is 5.32 Å². The van der Waals surface area contributed by atoms with Crippen LogP contribution >= 0.6 is 0 Å². The molecule has 92 valence electrons. The van der Waals surface area contributed by atoms with Gasteiger partial charge in [0.05, 0.1) is 18.6 Å². The molecule has 17 heavy (non-hydrogen) atoms. The number of hydrogen-bond donors (Lipinski definition) is 1. The highest BCUT2D eigenvalue weighted by atomic mass is 16.5. The van der Waals surface area contributed by atoms with Crippen molar-refractivity contribution in [1.82, 2.24) is 5.32 Å². The van der Waals surface area contributed by atoms with E-state index < -0.39 is 0 Å². The number of benzene rings is 1. The number of rotatable bonds is 5. The summed E-state index contributed by atoms with van der Waals surface area (Å²) in [6.07, 6.45) is 3.82. The molecule has 1 aliphatic heterocycles. The second kappa shape index (κ2) is 4.43. The van der Waals surface area contributed by atoms with Crippen molar-refractivity contribution in [1.29, 1.82) is 0 Å². The Kier molecular flexibility index (Phi) is 2.93. The Hall–Kier alpha value is -0.860. The minimum absolute atomic E-state index is 0.245. The lowest BCUT2D eigenvalue weighted by molar-refractivity contribution is -0.0591. The van der Waals surface area contributed by atoms with Gasteiger partial charge in [-0.3, -0.25) is 0 Å². The molecular formula is C15H21NO. The van der Waals surface area contributed by atoms with Crippen LogP contribution in [0.25, 0.3) is 0 Å². The van der Waals surface area contributed by atoms with Crippen molar-refractivity contribution >= 4 is 0 Å². The first-order chi connectivity index (χ1) is 8.32. The molecule has 1 saturated heterocycles. The van der Waals surface area contributed by atoms with Gasteiger partial charge in [-0.2, -0.15) is 0 Å². The molecule has 1 aromatic rings. The fourth-order valence-corrected chi connectivity index (χ4v) is 2.44. The maximum Gasteiger partial charge on any atom is 0.0598 e. The minimum atomic E-state index is 0.245. The molecule has 0 atom stereocenters. The van der Waals surface area contributed by atoms with Crippen molar-refractivity contribution in [3.63, 3.8) is 0 Å². The molecule has 1 aliphatic carbocycles. The maximum atomic E-state index is 5.46. The predicted octanol–water partition coefficient (Wildman–Crippen LogP) is 2.27. The van der Waals surface area contributed by atoms with E-state index >= 15 is 0 Å². The summed E-state index contributed by atoms with van der Waals surface area (Å²) < 4.78 is 5.46. The predicted molar refractivity (Wildman–Crippen MR) is 69.3 cm³/mol. The zero-order chi connectivity index (χ0) is 11.7. The van der Waals surface area contributed by atoms with E-state index in [0.29, 0.717) is 0 Å². The Labute approximate surface area is 103 Å². The first-order valence-corrected chi connectivity index (χ1v) is 6.73. The van der Waals surface area contributed by atoms with E-state index in [0.717, 1.165) is 32.2 Å². The molecule has 2 heteroatoms. The van der Waals surface area contributed by atoms with Gasteiger partial charge in [0, 0.05) is 12.6 Å². The van der Waals surface area contributed by atoms with Crippen LogP contribution in [0.1, 0.15) is 30.9 Å². The molecule has 3 rings (SSSR count). The molecule has 0 spiro atoms. The van der Waals surface area contributed by atoms with Crippen LogP contribution in [-0.2, 0) is 16.6 Å². The summed E-state index contributed by atoms with van der Waals surface area (Å²) in [6.45, 7) is 5.02. The number of ether oxygens (including phenoxy) is 1. The van der Waals surface area contributed by atoms with Gasteiger partial charge in [-0.15, -0.1) is 0 Å². The molecule has 0 aromatic heterocycles. The number of hydrogen-bond acceptors (Lipinski definition) is 2. The lowest BCUT2D eigenvalue weighted by Gasteiger charge is -2.42. The first kappa shape index (κ1) is 11.2. The normalized spacial score (nSPS) is 22.2. The first-order valence-electron chi connectivity index (χ1n) is 6.73. The summed E-state index contributed by atoms with van der Waals surface area (Å²) in [5.41, 5.74) is 3.10. The second-order valence-electron chi connectivity index (χ2n) is 5.48. The zero-order valence-electron chi connectivity index (χ0n) is 10.5. The Morgan fingerprint density at radius 3 is 2.41 bits per heavy atom. The molecule has 2 nitrogen and oxygen atoms in total. The fraction of sp³-hybridized carbons (Fsp3) is 0.600. The van der Waals surface area contributed by atoms with Crippen LogP contribution in [0.2, 0.25) is 0 Å². The van der Waals surface area contributed by atoms with Gasteiger partial charge in [-0.1, -0.05) is 31.2 Å². The smallest absolute Gasteiger partial charge is 0.0598 e. The Balaban J connectivity index is 1.72. The van der Waals surface area contributed by atoms with Gasteiger partial charge in [0.15, 0.2) is 0 Å². The van der Waals surface area contributed by atoms with Crippen LogP contribution in [0.5, 0.6) is 0 Å². The highest BCUT2D eigenvalue weighted by Crippen LogP contribution is 2.33. The average molecular weight is 231 g/mol. The molecular weight excluding hydrogens is 210 g/mol. The lowest BCUT2D eigenvalue weighted by atomic mass is 9.78. The van der Waals surface area contributed by atoms with Crippen LogP contribution in [0.3, 0.4) is 0 Å². The van der Waals surface area contributed by atoms with Crippen LogP contribution in [0, 0.1) is 0 Å². The van der Waals surface area contributed by atoms with E-state index in [1.165, 1.54) is 24.0 Å². The van der Waals surface area contributed by atoms with Gasteiger partial charge in [0.2, 0.25) is 0 Å². The molecule has 0 radical (unpaired) electrons. The minimum Gasteiger partial charge on any atom is -0.379 e.